The van der Waals surface area contributed by atoms with Gasteiger partial charge < -0.3 is 9.47 Å². The molecule has 1 aromatic heterocycles. The van der Waals surface area contributed by atoms with Gasteiger partial charge >= 0.3 is 5.97 Å². The van der Waals surface area contributed by atoms with Crippen LogP contribution in [0.1, 0.15) is 34.1 Å². The fourth-order valence-electron chi connectivity index (χ4n) is 2.94. The van der Waals surface area contributed by atoms with Gasteiger partial charge in [0.15, 0.2) is 5.13 Å². The monoisotopic (exact) mass is 455 g/mol. The number of rotatable bonds is 7. The van der Waals surface area contributed by atoms with E-state index in [4.69, 9.17) is 9.47 Å². The van der Waals surface area contributed by atoms with Crippen LogP contribution in [0.2, 0.25) is 0 Å². The molecule has 0 radical (unpaired) electrons. The molecule has 0 fully saturated rings. The molecule has 166 valence electrons. The van der Waals surface area contributed by atoms with Crippen molar-refractivity contribution in [2.75, 3.05) is 12.0 Å². The number of anilines is 2. The highest BCUT2D eigenvalue weighted by Gasteiger charge is 2.21. The molecule has 0 atom stereocenters. The molecule has 3 aromatic rings. The van der Waals surface area contributed by atoms with Crippen molar-refractivity contribution < 1.29 is 24.0 Å². The van der Waals surface area contributed by atoms with Crippen LogP contribution in [0, 0.1) is 24.0 Å². The number of nitro benzene ring substituents is 1. The van der Waals surface area contributed by atoms with Gasteiger partial charge in [0, 0.05) is 24.4 Å². The maximum Gasteiger partial charge on any atom is 0.342 e. The zero-order valence-corrected chi connectivity index (χ0v) is 18.8. The minimum Gasteiger partial charge on any atom is -0.496 e. The fraction of sp³-hybridized carbons (Fsp3) is 0.227. The molecule has 0 aliphatic rings. The Bertz CT molecular complexity index is 1190. The summed E-state index contributed by atoms with van der Waals surface area (Å²) in [4.78, 5) is 41.1. The van der Waals surface area contributed by atoms with Gasteiger partial charge in [0.2, 0.25) is 5.91 Å². The number of non-ortho nitro benzene ring substituents is 1. The Morgan fingerprint density at radius 1 is 1.16 bits per heavy atom. The number of nitrogens with zero attached hydrogens (tertiary/aromatic N) is 3. The number of carbonyl (C=O) groups is 2. The van der Waals surface area contributed by atoms with Gasteiger partial charge in [-0.1, -0.05) is 6.07 Å². The van der Waals surface area contributed by atoms with Crippen molar-refractivity contribution in [1.82, 2.24) is 4.98 Å². The number of aryl methyl sites for hydroxylation is 2. The molecule has 0 saturated heterocycles. The summed E-state index contributed by atoms with van der Waals surface area (Å²) in [6, 6.07) is 9.37. The SMILES string of the molecule is COc1ccc([N+](=O)[O-])cc1C(=O)OCc1csc(N(C(C)=O)c2ccc(C)c(C)c2)n1. The summed E-state index contributed by atoms with van der Waals surface area (Å²) in [7, 11) is 1.35. The summed E-state index contributed by atoms with van der Waals surface area (Å²) in [6.45, 7) is 5.24. The third-order valence-corrected chi connectivity index (χ3v) is 5.63. The van der Waals surface area contributed by atoms with Crippen LogP contribution >= 0.6 is 11.3 Å². The van der Waals surface area contributed by atoms with Gasteiger partial charge in [0.05, 0.1) is 23.4 Å². The van der Waals surface area contributed by atoms with E-state index in [0.717, 1.165) is 17.2 Å². The molecule has 0 N–H and O–H groups in total. The Balaban J connectivity index is 1.78. The number of thiazole rings is 1. The number of benzene rings is 2. The van der Waals surface area contributed by atoms with Crippen molar-refractivity contribution in [1.29, 1.82) is 0 Å². The maximum atomic E-state index is 12.5. The molecule has 1 heterocycles. The van der Waals surface area contributed by atoms with Gasteiger partial charge in [-0.05, 0) is 43.2 Å². The van der Waals surface area contributed by atoms with E-state index < -0.39 is 10.9 Å². The summed E-state index contributed by atoms with van der Waals surface area (Å²) >= 11 is 1.24. The number of amides is 1. The van der Waals surface area contributed by atoms with Crippen LogP contribution in [0.25, 0.3) is 0 Å². The van der Waals surface area contributed by atoms with E-state index in [9.17, 15) is 19.7 Å². The van der Waals surface area contributed by atoms with Gasteiger partial charge in [0.25, 0.3) is 5.69 Å². The molecular weight excluding hydrogens is 434 g/mol. The van der Waals surface area contributed by atoms with Crippen LogP contribution in [0.5, 0.6) is 5.75 Å². The molecule has 0 unspecified atom stereocenters. The first-order valence-corrected chi connectivity index (χ1v) is 10.4. The lowest BCUT2D eigenvalue weighted by Gasteiger charge is -2.19. The Kier molecular flexibility index (Phi) is 6.84. The number of hydrogen-bond acceptors (Lipinski definition) is 8. The Morgan fingerprint density at radius 3 is 2.53 bits per heavy atom. The largest absolute Gasteiger partial charge is 0.496 e. The molecule has 0 spiro atoms. The lowest BCUT2D eigenvalue weighted by molar-refractivity contribution is -0.384. The number of esters is 1. The molecule has 9 nitrogen and oxygen atoms in total. The Hall–Kier alpha value is -3.79. The second-order valence-electron chi connectivity index (χ2n) is 6.96. The van der Waals surface area contributed by atoms with E-state index in [1.807, 2.05) is 32.0 Å². The predicted molar refractivity (Wildman–Crippen MR) is 120 cm³/mol. The van der Waals surface area contributed by atoms with E-state index in [1.165, 1.54) is 42.4 Å². The van der Waals surface area contributed by atoms with Crippen molar-refractivity contribution in [2.45, 2.75) is 27.4 Å². The molecule has 10 heteroatoms. The summed E-state index contributed by atoms with van der Waals surface area (Å²) in [5.41, 5.74) is 2.99. The minimum absolute atomic E-state index is 0.0577. The van der Waals surface area contributed by atoms with Crippen molar-refractivity contribution >= 4 is 39.7 Å². The van der Waals surface area contributed by atoms with Crippen LogP contribution in [-0.2, 0) is 16.1 Å². The summed E-state index contributed by atoms with van der Waals surface area (Å²) in [5.74, 6) is -0.817. The van der Waals surface area contributed by atoms with E-state index in [0.29, 0.717) is 16.5 Å². The van der Waals surface area contributed by atoms with Gasteiger partial charge in [-0.2, -0.15) is 0 Å². The van der Waals surface area contributed by atoms with Crippen molar-refractivity contribution in [3.63, 3.8) is 0 Å². The highest BCUT2D eigenvalue weighted by atomic mass is 32.1. The Morgan fingerprint density at radius 2 is 1.91 bits per heavy atom. The molecule has 3 rings (SSSR count). The highest BCUT2D eigenvalue weighted by molar-refractivity contribution is 7.14. The smallest absolute Gasteiger partial charge is 0.342 e. The first kappa shape index (κ1) is 22.9. The van der Waals surface area contributed by atoms with Gasteiger partial charge in [0.1, 0.15) is 17.9 Å². The van der Waals surface area contributed by atoms with E-state index in [1.54, 1.807) is 5.38 Å². The van der Waals surface area contributed by atoms with E-state index in [-0.39, 0.29) is 29.5 Å². The van der Waals surface area contributed by atoms with Crippen LogP contribution in [0.3, 0.4) is 0 Å². The summed E-state index contributed by atoms with van der Waals surface area (Å²) < 4.78 is 10.4. The quantitative estimate of drug-likeness (QED) is 0.288. The molecule has 32 heavy (non-hydrogen) atoms. The first-order valence-electron chi connectivity index (χ1n) is 9.53. The van der Waals surface area contributed by atoms with Crippen molar-refractivity contribution in [3.05, 3.63) is 74.3 Å². The lowest BCUT2D eigenvalue weighted by atomic mass is 10.1. The highest BCUT2D eigenvalue weighted by Crippen LogP contribution is 2.31. The third-order valence-electron chi connectivity index (χ3n) is 4.76. The van der Waals surface area contributed by atoms with Crippen LogP contribution in [-0.4, -0.2) is 28.9 Å². The molecule has 2 aromatic carbocycles. The molecule has 1 amide bonds. The maximum absolute atomic E-state index is 12.5. The van der Waals surface area contributed by atoms with Crippen LogP contribution in [0.4, 0.5) is 16.5 Å². The van der Waals surface area contributed by atoms with E-state index >= 15 is 0 Å². The number of hydrogen-bond donors (Lipinski definition) is 0. The second kappa shape index (κ2) is 9.56. The van der Waals surface area contributed by atoms with Gasteiger partial charge in [-0.15, -0.1) is 11.3 Å². The average Bonchev–Trinajstić information content (AvgIpc) is 3.22. The molecule has 0 aliphatic carbocycles. The van der Waals surface area contributed by atoms with Gasteiger partial charge in [-0.25, -0.2) is 9.78 Å². The zero-order chi connectivity index (χ0) is 23.4. The van der Waals surface area contributed by atoms with E-state index in [2.05, 4.69) is 4.98 Å². The number of ether oxygens (including phenoxy) is 2. The van der Waals surface area contributed by atoms with Crippen molar-refractivity contribution in [3.8, 4) is 5.75 Å². The Labute approximate surface area is 188 Å². The number of aromatic nitrogens is 1. The predicted octanol–water partition coefficient (Wildman–Crippen LogP) is 4.72. The first-order chi connectivity index (χ1) is 15.2. The second-order valence-corrected chi connectivity index (χ2v) is 7.80. The average molecular weight is 455 g/mol. The molecule has 0 bridgehead atoms. The molecule has 0 saturated carbocycles. The summed E-state index contributed by atoms with van der Waals surface area (Å²) in [6.07, 6.45) is 0. The van der Waals surface area contributed by atoms with Crippen LogP contribution < -0.4 is 9.64 Å². The normalized spacial score (nSPS) is 10.5. The number of nitro groups is 1. The van der Waals surface area contributed by atoms with Gasteiger partial charge in [-0.3, -0.25) is 19.8 Å². The minimum atomic E-state index is -0.780. The molecule has 0 aliphatic heterocycles. The number of carbonyl (C=O) groups excluding carboxylic acids is 2. The summed E-state index contributed by atoms with van der Waals surface area (Å²) in [5, 5.41) is 13.1. The lowest BCUT2D eigenvalue weighted by Crippen LogP contribution is -2.22. The van der Waals surface area contributed by atoms with Crippen molar-refractivity contribution in [2.24, 2.45) is 0 Å². The fourth-order valence-corrected chi connectivity index (χ4v) is 3.81. The standard InChI is InChI=1S/C22H21N3O6S/c1-13-5-6-17(9-14(13)2)24(15(3)26)22-23-16(12-32-22)11-31-21(27)19-10-18(25(28)29)7-8-20(19)30-4/h5-10,12H,11H2,1-4H3. The number of methoxy groups -OCH3 is 1. The molecular formula is C22H21N3O6S. The third kappa shape index (κ3) is 4.92. The topological polar surface area (TPSA) is 112 Å². The zero-order valence-electron chi connectivity index (χ0n) is 17.9. The van der Waals surface area contributed by atoms with Crippen LogP contribution in [0.15, 0.2) is 41.8 Å².